The molecule has 0 aliphatic rings. The van der Waals surface area contributed by atoms with Gasteiger partial charge in [-0.2, -0.15) is 0 Å². The van der Waals surface area contributed by atoms with Crippen molar-refractivity contribution < 1.29 is 4.84 Å². The number of nitrogens with zero attached hydrogens (tertiary/aromatic N) is 1. The van der Waals surface area contributed by atoms with E-state index in [0.717, 1.165) is 1.73 Å². The molecule has 0 bridgehead atoms. The van der Waals surface area contributed by atoms with E-state index in [1.165, 1.54) is 7.11 Å². The Bertz CT molecular complexity index is 58.6. The highest BCUT2D eigenvalue weighted by Gasteiger charge is 1.75. The smallest absolute Gasteiger partial charge is 0.177 e. The summed E-state index contributed by atoms with van der Waals surface area (Å²) < 4.78 is 0.882. The van der Waals surface area contributed by atoms with E-state index in [2.05, 4.69) is 55.2 Å². The van der Waals surface area contributed by atoms with Crippen LogP contribution in [-0.4, -0.2) is 8.83 Å². The second kappa shape index (κ2) is 4.10. The standard InChI is InChI=1S/C2H3I2NO/c1-6-5-2(3)4/h1H3. The minimum absolute atomic E-state index is 0.882. The zero-order valence-electron chi connectivity index (χ0n) is 3.11. The molecular weight excluding hydrogens is 308 g/mol. The molecule has 0 aromatic heterocycles. The lowest BCUT2D eigenvalue weighted by Gasteiger charge is -1.80. The van der Waals surface area contributed by atoms with Crippen LogP contribution in [0.1, 0.15) is 0 Å². The Morgan fingerprint density at radius 2 is 2.17 bits per heavy atom. The van der Waals surface area contributed by atoms with Gasteiger partial charge in [-0.15, -0.1) is 0 Å². The fourth-order valence-corrected chi connectivity index (χ4v) is 0.463. The molecule has 0 rings (SSSR count). The molecule has 0 aromatic carbocycles. The SMILES string of the molecule is CON=C(I)I. The minimum atomic E-state index is 0.882. The van der Waals surface area contributed by atoms with Crippen molar-refractivity contribution in [3.63, 3.8) is 0 Å². The van der Waals surface area contributed by atoms with Crippen LogP contribution in [0.25, 0.3) is 0 Å². The molecule has 4 heteroatoms. The summed E-state index contributed by atoms with van der Waals surface area (Å²) in [5, 5.41) is 3.51. The maximum absolute atomic E-state index is 4.38. The zero-order valence-corrected chi connectivity index (χ0v) is 7.43. The van der Waals surface area contributed by atoms with E-state index in [0.29, 0.717) is 0 Å². The summed E-state index contributed by atoms with van der Waals surface area (Å²) in [6.45, 7) is 0. The van der Waals surface area contributed by atoms with Gasteiger partial charge in [-0.3, -0.25) is 0 Å². The van der Waals surface area contributed by atoms with E-state index in [1.807, 2.05) is 0 Å². The highest BCUT2D eigenvalue weighted by atomic mass is 127. The van der Waals surface area contributed by atoms with Gasteiger partial charge in [-0.05, 0) is 45.2 Å². The molecule has 0 aromatic rings. The Morgan fingerprint density at radius 3 is 2.17 bits per heavy atom. The molecule has 0 unspecified atom stereocenters. The van der Waals surface area contributed by atoms with Gasteiger partial charge in [0.25, 0.3) is 0 Å². The molecule has 36 valence electrons. The first-order valence-electron chi connectivity index (χ1n) is 1.19. The second-order valence-electron chi connectivity index (χ2n) is 0.514. The lowest BCUT2D eigenvalue weighted by atomic mass is 11.7. The summed E-state index contributed by atoms with van der Waals surface area (Å²) in [6, 6.07) is 0. The number of halogens is 2. The first-order valence-corrected chi connectivity index (χ1v) is 3.35. The monoisotopic (exact) mass is 311 g/mol. The molecule has 0 aliphatic heterocycles. The van der Waals surface area contributed by atoms with Gasteiger partial charge in [0.1, 0.15) is 7.11 Å². The zero-order chi connectivity index (χ0) is 4.99. The molecule has 0 amide bonds. The molecule has 6 heavy (non-hydrogen) atoms. The number of hydrogen-bond acceptors (Lipinski definition) is 2. The maximum Gasteiger partial charge on any atom is 0.177 e. The van der Waals surface area contributed by atoms with Crippen LogP contribution in [0.3, 0.4) is 0 Å². The van der Waals surface area contributed by atoms with Gasteiger partial charge in [-0.25, -0.2) is 0 Å². The molecule has 0 heterocycles. The molecule has 0 spiro atoms. The third kappa shape index (κ3) is 4.93. The van der Waals surface area contributed by atoms with Crippen molar-refractivity contribution in [2.24, 2.45) is 5.16 Å². The highest BCUT2D eigenvalue weighted by Crippen LogP contribution is 1.98. The molecule has 2 nitrogen and oxygen atoms in total. The van der Waals surface area contributed by atoms with Crippen LogP contribution < -0.4 is 0 Å². The number of oxime groups is 1. The van der Waals surface area contributed by atoms with Gasteiger partial charge >= 0.3 is 0 Å². The number of rotatable bonds is 1. The predicted octanol–water partition coefficient (Wildman–Crippen LogP) is 1.77. The molecule has 0 N–H and O–H groups in total. The average molecular weight is 311 g/mol. The van der Waals surface area contributed by atoms with Crippen LogP contribution >= 0.6 is 45.2 Å². The van der Waals surface area contributed by atoms with Crippen LogP contribution in [0.5, 0.6) is 0 Å². The topological polar surface area (TPSA) is 21.6 Å². The normalized spacial score (nSPS) is 7.17. The van der Waals surface area contributed by atoms with Gasteiger partial charge < -0.3 is 4.84 Å². The maximum atomic E-state index is 4.38. The Balaban J connectivity index is 3.14. The van der Waals surface area contributed by atoms with E-state index in [9.17, 15) is 0 Å². The fourth-order valence-electron chi connectivity index (χ4n) is 0.0690. The fraction of sp³-hybridized carbons (Fsp3) is 0.500. The summed E-state index contributed by atoms with van der Waals surface area (Å²) >= 11 is 4.11. The highest BCUT2D eigenvalue weighted by molar-refractivity contribution is 14.2. The molecule has 0 fully saturated rings. The largest absolute Gasteiger partial charge is 0.398 e. The van der Waals surface area contributed by atoms with E-state index in [1.54, 1.807) is 0 Å². The lowest BCUT2D eigenvalue weighted by Crippen LogP contribution is -1.68. The molecule has 0 atom stereocenters. The molecule has 0 aliphatic carbocycles. The van der Waals surface area contributed by atoms with E-state index in [4.69, 9.17) is 0 Å². The van der Waals surface area contributed by atoms with Crippen molar-refractivity contribution in [2.45, 2.75) is 0 Å². The molecule has 0 saturated carbocycles. The van der Waals surface area contributed by atoms with Crippen LogP contribution in [0.2, 0.25) is 0 Å². The van der Waals surface area contributed by atoms with Gasteiger partial charge in [-0.1, -0.05) is 5.16 Å². The lowest BCUT2D eigenvalue weighted by molar-refractivity contribution is 0.216. The summed E-state index contributed by atoms with van der Waals surface area (Å²) in [5.74, 6) is 0. The van der Waals surface area contributed by atoms with Gasteiger partial charge in [0.05, 0.1) is 0 Å². The van der Waals surface area contributed by atoms with Crippen LogP contribution in [0, 0.1) is 0 Å². The Hall–Kier alpha value is 0.930. The summed E-state index contributed by atoms with van der Waals surface area (Å²) in [6.07, 6.45) is 0. The first-order chi connectivity index (χ1) is 2.77. The van der Waals surface area contributed by atoms with Crippen molar-refractivity contribution in [2.75, 3.05) is 7.11 Å². The van der Waals surface area contributed by atoms with Gasteiger partial charge in [0.15, 0.2) is 1.73 Å². The second-order valence-corrected chi connectivity index (χ2v) is 4.62. The summed E-state index contributed by atoms with van der Waals surface area (Å²) in [5.41, 5.74) is 0. The minimum Gasteiger partial charge on any atom is -0.398 e. The molecular formula is C2H3I2NO. The van der Waals surface area contributed by atoms with Crippen LogP contribution in [-0.2, 0) is 4.84 Å². The van der Waals surface area contributed by atoms with Crippen molar-refractivity contribution in [3.8, 4) is 0 Å². The van der Waals surface area contributed by atoms with Crippen molar-refractivity contribution in [3.05, 3.63) is 0 Å². The predicted molar refractivity (Wildman–Crippen MR) is 42.5 cm³/mol. The van der Waals surface area contributed by atoms with Crippen molar-refractivity contribution in [1.29, 1.82) is 0 Å². The van der Waals surface area contributed by atoms with Crippen LogP contribution in [0.4, 0.5) is 0 Å². The first kappa shape index (κ1) is 6.93. The summed E-state index contributed by atoms with van der Waals surface area (Å²) in [7, 11) is 1.53. The van der Waals surface area contributed by atoms with E-state index < -0.39 is 0 Å². The van der Waals surface area contributed by atoms with Crippen LogP contribution in [0.15, 0.2) is 5.16 Å². The van der Waals surface area contributed by atoms with E-state index >= 15 is 0 Å². The van der Waals surface area contributed by atoms with Crippen molar-refractivity contribution >= 4 is 46.9 Å². The third-order valence-electron chi connectivity index (χ3n) is 0.160. The third-order valence-corrected chi connectivity index (χ3v) is 0.554. The Kier molecular flexibility index (Phi) is 4.73. The molecule has 0 saturated heterocycles. The summed E-state index contributed by atoms with van der Waals surface area (Å²) in [4.78, 5) is 4.38. The number of hydrogen-bond donors (Lipinski definition) is 0. The quantitative estimate of drug-likeness (QED) is 0.411. The van der Waals surface area contributed by atoms with Gasteiger partial charge in [0, 0.05) is 0 Å². The Morgan fingerprint density at radius 1 is 1.67 bits per heavy atom. The van der Waals surface area contributed by atoms with Crippen molar-refractivity contribution in [1.82, 2.24) is 0 Å². The Labute approximate surface area is 63.6 Å². The average Bonchev–Trinajstić information content (AvgIpc) is 1.35. The molecule has 0 radical (unpaired) electrons. The van der Waals surface area contributed by atoms with Gasteiger partial charge in [0.2, 0.25) is 0 Å². The van der Waals surface area contributed by atoms with E-state index in [-0.39, 0.29) is 0 Å².